The average molecular weight is 570 g/mol. The number of ether oxygens (including phenoxy) is 1. The molecule has 222 valence electrons. The highest BCUT2D eigenvalue weighted by atomic mass is 19.1. The zero-order valence-corrected chi connectivity index (χ0v) is 23.6. The van der Waals surface area contributed by atoms with Crippen molar-refractivity contribution < 1.29 is 23.6 Å². The Labute approximate surface area is 240 Å². The molecule has 3 heterocycles. The lowest BCUT2D eigenvalue weighted by atomic mass is 9.92. The van der Waals surface area contributed by atoms with E-state index in [-0.39, 0.29) is 36.7 Å². The van der Waals surface area contributed by atoms with Crippen molar-refractivity contribution in [2.75, 3.05) is 56.3 Å². The Morgan fingerprint density at radius 3 is 2.80 bits per heavy atom. The van der Waals surface area contributed by atoms with Gasteiger partial charge in [0.1, 0.15) is 12.4 Å². The Hall–Kier alpha value is -3.35. The van der Waals surface area contributed by atoms with E-state index in [2.05, 4.69) is 25.7 Å². The van der Waals surface area contributed by atoms with Crippen molar-refractivity contribution >= 4 is 24.0 Å². The third-order valence-corrected chi connectivity index (χ3v) is 8.21. The lowest BCUT2D eigenvalue weighted by Gasteiger charge is -2.44. The molecular formula is C29H40FN7O4. The van der Waals surface area contributed by atoms with E-state index in [1.807, 2.05) is 35.2 Å². The number of hydrogen-bond donors (Lipinski definition) is 2. The number of fused-ring (bicyclic) bond motifs is 1. The van der Waals surface area contributed by atoms with Gasteiger partial charge < -0.3 is 9.64 Å². The fraction of sp³-hybridized carbons (Fsp3) is 0.586. The molecule has 11 nitrogen and oxygen atoms in total. The Morgan fingerprint density at radius 1 is 1.22 bits per heavy atom. The van der Waals surface area contributed by atoms with Gasteiger partial charge in [-0.15, -0.1) is 0 Å². The quantitative estimate of drug-likeness (QED) is 0.294. The molecule has 0 bridgehead atoms. The molecule has 3 aliphatic rings. The number of hydroxylamine groups is 2. The number of morpholine rings is 1. The van der Waals surface area contributed by atoms with Crippen molar-refractivity contribution in [1.82, 2.24) is 25.4 Å². The zero-order valence-electron chi connectivity index (χ0n) is 23.6. The molecule has 2 aliphatic heterocycles. The van der Waals surface area contributed by atoms with E-state index in [4.69, 9.17) is 9.57 Å². The van der Waals surface area contributed by atoms with Gasteiger partial charge in [-0.25, -0.2) is 15.0 Å². The maximum absolute atomic E-state index is 15.7. The van der Waals surface area contributed by atoms with Crippen LogP contribution < -0.4 is 15.8 Å². The van der Waals surface area contributed by atoms with Crippen LogP contribution in [-0.4, -0.2) is 84.2 Å². The second kappa shape index (κ2) is 14.0. The van der Waals surface area contributed by atoms with Gasteiger partial charge in [0, 0.05) is 26.2 Å². The topological polar surface area (TPSA) is 112 Å². The summed E-state index contributed by atoms with van der Waals surface area (Å²) in [6, 6.07) is 9.71. The number of nitrogens with zero attached hydrogens (tertiary/aromatic N) is 5. The third kappa shape index (κ3) is 7.69. The molecule has 2 aromatic rings. The number of hydrazine groups is 1. The van der Waals surface area contributed by atoms with Gasteiger partial charge in [-0.1, -0.05) is 56.0 Å². The van der Waals surface area contributed by atoms with Crippen LogP contribution in [0.4, 0.5) is 16.0 Å². The number of carbonyl (C=O) groups is 2. The molecule has 0 unspecified atom stereocenters. The molecule has 1 aromatic heterocycles. The first-order chi connectivity index (χ1) is 20.0. The number of hydrogen-bond acceptors (Lipinski definition) is 9. The van der Waals surface area contributed by atoms with Crippen LogP contribution in [0, 0.1) is 24.6 Å². The second-order valence-corrected chi connectivity index (χ2v) is 11.1. The average Bonchev–Trinajstić information content (AvgIpc) is 3.52. The number of benzene rings is 1. The zero-order chi connectivity index (χ0) is 28.6. The highest BCUT2D eigenvalue weighted by molar-refractivity contribution is 5.80. The number of rotatable bonds is 12. The van der Waals surface area contributed by atoms with Crippen LogP contribution in [0.2, 0.25) is 0 Å². The number of aromatic nitrogens is 2. The van der Waals surface area contributed by atoms with Crippen LogP contribution in [0.25, 0.3) is 0 Å². The molecule has 5 rings (SSSR count). The number of amides is 2. The van der Waals surface area contributed by atoms with Crippen LogP contribution >= 0.6 is 0 Å². The van der Waals surface area contributed by atoms with Gasteiger partial charge in [-0.2, -0.15) is 4.39 Å². The van der Waals surface area contributed by atoms with Gasteiger partial charge >= 0.3 is 0 Å². The third-order valence-electron chi connectivity index (χ3n) is 8.21. The number of halogens is 1. The van der Waals surface area contributed by atoms with Crippen molar-refractivity contribution in [3.05, 3.63) is 47.5 Å². The minimum absolute atomic E-state index is 0.0876. The normalized spacial score (nSPS) is 20.3. The lowest BCUT2D eigenvalue weighted by Crippen LogP contribution is -2.58. The first-order valence-electron chi connectivity index (χ1n) is 14.6. The van der Waals surface area contributed by atoms with Crippen LogP contribution in [-0.2, 0) is 25.8 Å². The fourth-order valence-electron chi connectivity index (χ4n) is 5.99. The summed E-state index contributed by atoms with van der Waals surface area (Å²) < 4.78 is 21.3. The highest BCUT2D eigenvalue weighted by Crippen LogP contribution is 2.31. The Morgan fingerprint density at radius 2 is 2.02 bits per heavy atom. The van der Waals surface area contributed by atoms with Crippen LogP contribution in [0.3, 0.4) is 0 Å². The van der Waals surface area contributed by atoms with Crippen molar-refractivity contribution in [2.24, 2.45) is 11.8 Å². The molecule has 3 fully saturated rings. The number of carbonyl (C=O) groups excluding carboxylic acids is 2. The summed E-state index contributed by atoms with van der Waals surface area (Å²) in [4.78, 5) is 43.8. The largest absolute Gasteiger partial charge is 0.378 e. The Kier molecular flexibility index (Phi) is 9.97. The van der Waals surface area contributed by atoms with Crippen molar-refractivity contribution in [2.45, 2.75) is 51.7 Å². The smallest absolute Gasteiger partial charge is 0.243 e. The molecule has 0 radical (unpaired) electrons. The summed E-state index contributed by atoms with van der Waals surface area (Å²) >= 11 is 0. The summed E-state index contributed by atoms with van der Waals surface area (Å²) in [6.07, 6.45) is 5.57. The van der Waals surface area contributed by atoms with E-state index >= 15 is 4.39 Å². The van der Waals surface area contributed by atoms with E-state index in [0.29, 0.717) is 44.3 Å². The summed E-state index contributed by atoms with van der Waals surface area (Å²) in [6.45, 7) is 6.26. The van der Waals surface area contributed by atoms with Crippen LogP contribution in [0.15, 0.2) is 30.3 Å². The molecule has 41 heavy (non-hydrogen) atoms. The predicted molar refractivity (Wildman–Crippen MR) is 151 cm³/mol. The maximum Gasteiger partial charge on any atom is 0.243 e. The van der Waals surface area contributed by atoms with Gasteiger partial charge in [-0.05, 0) is 24.8 Å². The molecule has 12 heteroatoms. The Balaban J connectivity index is 1.24. The monoisotopic (exact) mass is 569 g/mol. The number of piperazine rings is 1. The fourth-order valence-corrected chi connectivity index (χ4v) is 5.99. The SMILES string of the molecule is Cc1nc(NNC(=O)[C@@H](CC2CCCC2)CN(C=O)OCc2ccccc2)c(F)c(N2CCN3CCOC[C@@H]3C2)n1. The molecule has 1 aliphatic carbocycles. The number of aryl methyl sites for hydroxylation is 1. The molecule has 2 amide bonds. The van der Waals surface area contributed by atoms with E-state index in [0.717, 1.165) is 50.9 Å². The van der Waals surface area contributed by atoms with E-state index in [1.54, 1.807) is 6.92 Å². The van der Waals surface area contributed by atoms with E-state index in [9.17, 15) is 9.59 Å². The van der Waals surface area contributed by atoms with Gasteiger partial charge in [-0.3, -0.25) is 30.2 Å². The molecule has 2 atom stereocenters. The minimum Gasteiger partial charge on any atom is -0.378 e. The standard InChI is InChI=1S/C29H40FN7O4/c1-21-31-27(26(30)28(32-21)36-12-11-35-13-14-40-19-25(35)17-36)33-34-29(39)24(15-22-7-5-6-8-22)16-37(20-38)41-18-23-9-3-2-4-10-23/h2-4,9-10,20,22,24-25H,5-8,11-19H2,1H3,(H,34,39)(H,31,32,33)/t24-,25-/m0/s1. The lowest BCUT2D eigenvalue weighted by molar-refractivity contribution is -0.182. The summed E-state index contributed by atoms with van der Waals surface area (Å²) in [5.41, 5.74) is 6.28. The van der Waals surface area contributed by atoms with Gasteiger partial charge in [0.25, 0.3) is 0 Å². The van der Waals surface area contributed by atoms with E-state index in [1.165, 1.54) is 5.06 Å². The molecule has 0 spiro atoms. The summed E-state index contributed by atoms with van der Waals surface area (Å²) in [7, 11) is 0. The second-order valence-electron chi connectivity index (χ2n) is 11.1. The molecule has 1 aromatic carbocycles. The highest BCUT2D eigenvalue weighted by Gasteiger charge is 2.32. The number of nitrogens with one attached hydrogen (secondary N) is 2. The summed E-state index contributed by atoms with van der Waals surface area (Å²) in [5.74, 6) is -0.605. The Bertz CT molecular complexity index is 1170. The molecule has 2 N–H and O–H groups in total. The first-order valence-corrected chi connectivity index (χ1v) is 14.6. The van der Waals surface area contributed by atoms with Crippen molar-refractivity contribution in [3.8, 4) is 0 Å². The van der Waals surface area contributed by atoms with Gasteiger partial charge in [0.2, 0.25) is 18.1 Å². The summed E-state index contributed by atoms with van der Waals surface area (Å²) in [5, 5.41) is 1.17. The van der Waals surface area contributed by atoms with Gasteiger partial charge in [0.15, 0.2) is 11.6 Å². The molecule has 1 saturated carbocycles. The first kappa shape index (κ1) is 29.2. The van der Waals surface area contributed by atoms with Crippen LogP contribution in [0.5, 0.6) is 0 Å². The predicted octanol–water partition coefficient (Wildman–Crippen LogP) is 2.67. The number of anilines is 2. The molecular weight excluding hydrogens is 529 g/mol. The van der Waals surface area contributed by atoms with Crippen molar-refractivity contribution in [1.29, 1.82) is 0 Å². The van der Waals surface area contributed by atoms with Crippen LogP contribution in [0.1, 0.15) is 43.5 Å². The minimum atomic E-state index is -0.617. The van der Waals surface area contributed by atoms with E-state index < -0.39 is 11.7 Å². The van der Waals surface area contributed by atoms with Gasteiger partial charge in [0.05, 0.1) is 31.7 Å². The van der Waals surface area contributed by atoms with Crippen molar-refractivity contribution in [3.63, 3.8) is 0 Å². The molecule has 2 saturated heterocycles. The maximum atomic E-state index is 15.7.